The predicted octanol–water partition coefficient (Wildman–Crippen LogP) is 2.93. The van der Waals surface area contributed by atoms with E-state index >= 15 is 0 Å². The molecule has 0 unspecified atom stereocenters. The van der Waals surface area contributed by atoms with Gasteiger partial charge in [-0.2, -0.15) is 0 Å². The number of aromatic carboxylic acids is 1. The van der Waals surface area contributed by atoms with Crippen LogP contribution in [0.4, 0.5) is 10.1 Å². The maximum Gasteiger partial charge on any atom is 0.336 e. The summed E-state index contributed by atoms with van der Waals surface area (Å²) in [5.74, 6) is -1.78. The lowest BCUT2D eigenvalue weighted by Crippen LogP contribution is -2.28. The maximum atomic E-state index is 14.2. The SMILES string of the molecule is C=CCN(CCOC)c1ccc(C(=O)O)c(Br)c1F. The molecule has 6 heteroatoms. The molecular formula is C13H15BrFNO3. The Labute approximate surface area is 119 Å². The van der Waals surface area contributed by atoms with E-state index in [0.717, 1.165) is 0 Å². The second-order valence-corrected chi connectivity index (χ2v) is 4.59. The first-order valence-electron chi connectivity index (χ1n) is 5.59. The Morgan fingerprint density at radius 1 is 1.63 bits per heavy atom. The molecule has 1 aromatic carbocycles. The lowest BCUT2D eigenvalue weighted by molar-refractivity contribution is 0.0695. The molecule has 4 nitrogen and oxygen atoms in total. The van der Waals surface area contributed by atoms with Crippen molar-refractivity contribution in [2.24, 2.45) is 0 Å². The largest absolute Gasteiger partial charge is 0.478 e. The van der Waals surface area contributed by atoms with Gasteiger partial charge in [0.05, 0.1) is 22.3 Å². The Balaban J connectivity index is 3.13. The van der Waals surface area contributed by atoms with Crippen molar-refractivity contribution in [2.75, 3.05) is 31.7 Å². The topological polar surface area (TPSA) is 49.8 Å². The van der Waals surface area contributed by atoms with Gasteiger partial charge in [-0.15, -0.1) is 6.58 Å². The van der Waals surface area contributed by atoms with Crippen molar-refractivity contribution in [1.29, 1.82) is 0 Å². The van der Waals surface area contributed by atoms with E-state index in [1.807, 2.05) is 0 Å². The van der Waals surface area contributed by atoms with Gasteiger partial charge in [0.1, 0.15) is 0 Å². The van der Waals surface area contributed by atoms with Crippen LogP contribution in [-0.4, -0.2) is 37.9 Å². The van der Waals surface area contributed by atoms with Gasteiger partial charge in [0.15, 0.2) is 5.82 Å². The first-order valence-corrected chi connectivity index (χ1v) is 6.38. The molecule has 0 radical (unpaired) electrons. The van der Waals surface area contributed by atoms with Gasteiger partial charge in [0.25, 0.3) is 0 Å². The number of ether oxygens (including phenoxy) is 1. The Bertz CT molecular complexity index is 479. The molecular weight excluding hydrogens is 317 g/mol. The summed E-state index contributed by atoms with van der Waals surface area (Å²) in [5, 5.41) is 8.92. The summed E-state index contributed by atoms with van der Waals surface area (Å²) in [6.45, 7) is 4.99. The zero-order valence-corrected chi connectivity index (χ0v) is 12.1. The third-order valence-corrected chi connectivity index (χ3v) is 3.32. The van der Waals surface area contributed by atoms with Gasteiger partial charge in [-0.1, -0.05) is 6.08 Å². The first-order chi connectivity index (χ1) is 9.02. The van der Waals surface area contributed by atoms with Gasteiger partial charge in [0.2, 0.25) is 0 Å². The molecule has 104 valence electrons. The van der Waals surface area contributed by atoms with E-state index in [4.69, 9.17) is 9.84 Å². The Kier molecular flexibility index (Phi) is 5.98. The van der Waals surface area contributed by atoms with Gasteiger partial charge in [-0.05, 0) is 28.1 Å². The highest BCUT2D eigenvalue weighted by molar-refractivity contribution is 9.10. The van der Waals surface area contributed by atoms with Crippen LogP contribution in [-0.2, 0) is 4.74 Å². The molecule has 0 aliphatic carbocycles. The zero-order valence-electron chi connectivity index (χ0n) is 10.5. The van der Waals surface area contributed by atoms with E-state index in [1.165, 1.54) is 12.1 Å². The number of benzene rings is 1. The minimum absolute atomic E-state index is 0.0519. The highest BCUT2D eigenvalue weighted by Crippen LogP contribution is 2.29. The summed E-state index contributed by atoms with van der Waals surface area (Å²) < 4.78 is 19.1. The van der Waals surface area contributed by atoms with E-state index < -0.39 is 11.8 Å². The minimum Gasteiger partial charge on any atom is -0.478 e. The van der Waals surface area contributed by atoms with Crippen molar-refractivity contribution < 1.29 is 19.0 Å². The number of methoxy groups -OCH3 is 1. The number of carboxylic acids is 1. The fourth-order valence-electron chi connectivity index (χ4n) is 1.62. The van der Waals surface area contributed by atoms with E-state index in [2.05, 4.69) is 22.5 Å². The molecule has 0 fully saturated rings. The van der Waals surface area contributed by atoms with Crippen molar-refractivity contribution >= 4 is 27.6 Å². The average molecular weight is 332 g/mol. The molecule has 19 heavy (non-hydrogen) atoms. The van der Waals surface area contributed by atoms with E-state index in [-0.39, 0.29) is 10.0 Å². The van der Waals surface area contributed by atoms with Crippen LogP contribution in [0.3, 0.4) is 0 Å². The number of rotatable bonds is 7. The van der Waals surface area contributed by atoms with Crippen LogP contribution in [0.2, 0.25) is 0 Å². The highest BCUT2D eigenvalue weighted by atomic mass is 79.9. The predicted molar refractivity (Wildman–Crippen MR) is 75.3 cm³/mol. The van der Waals surface area contributed by atoms with Crippen molar-refractivity contribution in [3.05, 3.63) is 40.6 Å². The van der Waals surface area contributed by atoms with Crippen LogP contribution in [0.5, 0.6) is 0 Å². The van der Waals surface area contributed by atoms with Crippen LogP contribution in [0.25, 0.3) is 0 Å². The Morgan fingerprint density at radius 3 is 2.84 bits per heavy atom. The zero-order chi connectivity index (χ0) is 14.4. The number of halogens is 2. The molecule has 0 spiro atoms. The Morgan fingerprint density at radius 2 is 2.32 bits per heavy atom. The molecule has 0 aliphatic heterocycles. The van der Waals surface area contributed by atoms with Crippen molar-refractivity contribution in [1.82, 2.24) is 0 Å². The number of anilines is 1. The van der Waals surface area contributed by atoms with Crippen LogP contribution in [0, 0.1) is 5.82 Å². The number of carbonyl (C=O) groups is 1. The van der Waals surface area contributed by atoms with Gasteiger partial charge in [0, 0.05) is 20.2 Å². The molecule has 0 heterocycles. The number of hydrogen-bond acceptors (Lipinski definition) is 3. The first kappa shape index (κ1) is 15.7. The quantitative estimate of drug-likeness (QED) is 0.780. The fraction of sp³-hybridized carbons (Fsp3) is 0.308. The number of hydrogen-bond donors (Lipinski definition) is 1. The molecule has 1 aromatic rings. The van der Waals surface area contributed by atoms with Crippen LogP contribution < -0.4 is 4.90 Å². The van der Waals surface area contributed by atoms with Gasteiger partial charge in [-0.25, -0.2) is 9.18 Å². The van der Waals surface area contributed by atoms with Crippen LogP contribution in [0.1, 0.15) is 10.4 Å². The smallest absolute Gasteiger partial charge is 0.336 e. The normalized spacial score (nSPS) is 10.3. The van der Waals surface area contributed by atoms with E-state index in [0.29, 0.717) is 25.4 Å². The van der Waals surface area contributed by atoms with Gasteiger partial charge >= 0.3 is 5.97 Å². The lowest BCUT2D eigenvalue weighted by atomic mass is 10.2. The summed E-state index contributed by atoms with van der Waals surface area (Å²) in [7, 11) is 1.56. The minimum atomic E-state index is -1.18. The fourth-order valence-corrected chi connectivity index (χ4v) is 2.12. The second-order valence-electron chi connectivity index (χ2n) is 3.79. The third-order valence-electron chi connectivity index (χ3n) is 2.55. The number of carboxylic acid groups (broad SMARTS) is 1. The van der Waals surface area contributed by atoms with Gasteiger partial charge < -0.3 is 14.7 Å². The Hall–Kier alpha value is -1.40. The van der Waals surface area contributed by atoms with Gasteiger partial charge in [-0.3, -0.25) is 0 Å². The molecule has 0 saturated heterocycles. The summed E-state index contributed by atoms with van der Waals surface area (Å²) in [4.78, 5) is 12.6. The lowest BCUT2D eigenvalue weighted by Gasteiger charge is -2.24. The van der Waals surface area contributed by atoms with Crippen molar-refractivity contribution in [3.63, 3.8) is 0 Å². The van der Waals surface area contributed by atoms with Crippen LogP contribution >= 0.6 is 15.9 Å². The molecule has 0 saturated carbocycles. The van der Waals surface area contributed by atoms with Crippen molar-refractivity contribution in [3.8, 4) is 0 Å². The van der Waals surface area contributed by atoms with Crippen molar-refractivity contribution in [2.45, 2.75) is 0 Å². The van der Waals surface area contributed by atoms with Crippen LogP contribution in [0.15, 0.2) is 29.3 Å². The molecule has 0 amide bonds. The second kappa shape index (κ2) is 7.25. The summed E-state index contributed by atoms with van der Waals surface area (Å²) in [6, 6.07) is 2.82. The summed E-state index contributed by atoms with van der Waals surface area (Å²) in [5.41, 5.74) is 0.209. The number of nitrogens with zero attached hydrogens (tertiary/aromatic N) is 1. The molecule has 0 aromatic heterocycles. The molecule has 0 aliphatic rings. The average Bonchev–Trinajstić information content (AvgIpc) is 2.37. The molecule has 0 atom stereocenters. The molecule has 1 N–H and O–H groups in total. The van der Waals surface area contributed by atoms with E-state index in [9.17, 15) is 9.18 Å². The standard InChI is InChI=1S/C13H15BrFNO3/c1-3-6-16(7-8-19-2)10-5-4-9(13(17)18)11(14)12(10)15/h3-5H,1,6-8H2,2H3,(H,17,18). The maximum absolute atomic E-state index is 14.2. The monoisotopic (exact) mass is 331 g/mol. The summed E-state index contributed by atoms with van der Waals surface area (Å²) >= 11 is 2.98. The molecule has 1 rings (SSSR count). The third kappa shape index (κ3) is 3.78. The summed E-state index contributed by atoms with van der Waals surface area (Å²) in [6.07, 6.45) is 1.65. The highest BCUT2D eigenvalue weighted by Gasteiger charge is 2.18. The van der Waals surface area contributed by atoms with E-state index in [1.54, 1.807) is 18.1 Å². The molecule has 0 bridgehead atoms.